The van der Waals surface area contributed by atoms with Gasteiger partial charge in [0, 0.05) is 12.6 Å². The van der Waals surface area contributed by atoms with Crippen molar-refractivity contribution in [2.24, 2.45) is 0 Å². The average Bonchev–Trinajstić information content (AvgIpc) is 2.28. The summed E-state index contributed by atoms with van der Waals surface area (Å²) in [5, 5.41) is 0.341. The standard InChI is InChI=1S/C12H17ClN2O2S/c1-4-7-15(9(2)3)18(16,17)10-5-6-11(13)12(14)8-10/h4-6,8-9H,1,7,14H2,2-3H3. The lowest BCUT2D eigenvalue weighted by atomic mass is 10.3. The van der Waals surface area contributed by atoms with Crippen LogP contribution < -0.4 is 5.73 Å². The first-order valence-corrected chi connectivity index (χ1v) is 7.30. The van der Waals surface area contributed by atoms with Gasteiger partial charge in [-0.05, 0) is 32.0 Å². The normalized spacial score (nSPS) is 12.1. The lowest BCUT2D eigenvalue weighted by Crippen LogP contribution is -2.37. The van der Waals surface area contributed by atoms with Crippen molar-refractivity contribution in [3.05, 3.63) is 35.9 Å². The molecule has 0 heterocycles. The molecule has 0 fully saturated rings. The van der Waals surface area contributed by atoms with Crippen molar-refractivity contribution >= 4 is 27.3 Å². The van der Waals surface area contributed by atoms with Gasteiger partial charge in [-0.1, -0.05) is 17.7 Å². The van der Waals surface area contributed by atoms with E-state index in [0.29, 0.717) is 5.02 Å². The molecular weight excluding hydrogens is 272 g/mol. The molecule has 0 saturated carbocycles. The summed E-state index contributed by atoms with van der Waals surface area (Å²) in [5.74, 6) is 0. The van der Waals surface area contributed by atoms with Crippen LogP contribution in [0.3, 0.4) is 0 Å². The minimum Gasteiger partial charge on any atom is -0.397 e. The van der Waals surface area contributed by atoms with Crippen molar-refractivity contribution < 1.29 is 8.42 Å². The third-order valence-corrected chi connectivity index (χ3v) is 4.84. The number of halogens is 1. The summed E-state index contributed by atoms with van der Waals surface area (Å²) in [6, 6.07) is 4.14. The lowest BCUT2D eigenvalue weighted by Gasteiger charge is -2.24. The van der Waals surface area contributed by atoms with Gasteiger partial charge in [0.25, 0.3) is 0 Å². The Balaban J connectivity index is 3.26. The number of rotatable bonds is 5. The summed E-state index contributed by atoms with van der Waals surface area (Å²) in [6.07, 6.45) is 1.55. The molecule has 0 saturated heterocycles. The molecule has 0 aliphatic rings. The van der Waals surface area contributed by atoms with Crippen LogP contribution in [-0.4, -0.2) is 25.3 Å². The zero-order chi connectivity index (χ0) is 13.9. The number of benzene rings is 1. The van der Waals surface area contributed by atoms with E-state index in [1.165, 1.54) is 22.5 Å². The molecule has 4 nitrogen and oxygen atoms in total. The lowest BCUT2D eigenvalue weighted by molar-refractivity contribution is 0.383. The maximum Gasteiger partial charge on any atom is 0.243 e. The third kappa shape index (κ3) is 3.04. The smallest absolute Gasteiger partial charge is 0.243 e. The molecule has 0 aliphatic carbocycles. The Hall–Kier alpha value is -1.04. The summed E-state index contributed by atoms with van der Waals surface area (Å²) in [6.45, 7) is 7.43. The number of hydrogen-bond donors (Lipinski definition) is 1. The Labute approximate surface area is 113 Å². The van der Waals surface area contributed by atoms with Crippen molar-refractivity contribution in [1.82, 2.24) is 4.31 Å². The Kier molecular flexibility index (Phi) is 4.78. The van der Waals surface area contributed by atoms with Gasteiger partial charge in [0.05, 0.1) is 15.6 Å². The monoisotopic (exact) mass is 288 g/mol. The molecule has 0 amide bonds. The molecule has 0 radical (unpaired) electrons. The van der Waals surface area contributed by atoms with E-state index in [9.17, 15) is 8.42 Å². The van der Waals surface area contributed by atoms with Crippen molar-refractivity contribution in [3.63, 3.8) is 0 Å². The van der Waals surface area contributed by atoms with Crippen molar-refractivity contribution in [2.75, 3.05) is 12.3 Å². The number of hydrogen-bond acceptors (Lipinski definition) is 3. The van der Waals surface area contributed by atoms with Gasteiger partial charge in [0.1, 0.15) is 0 Å². The first-order chi connectivity index (χ1) is 8.30. The highest BCUT2D eigenvalue weighted by Gasteiger charge is 2.26. The molecular formula is C12H17ClN2O2S. The molecule has 0 atom stereocenters. The molecule has 6 heteroatoms. The molecule has 18 heavy (non-hydrogen) atoms. The molecule has 0 aliphatic heterocycles. The predicted octanol–water partition coefficient (Wildman–Crippen LogP) is 2.51. The maximum atomic E-state index is 12.4. The fourth-order valence-corrected chi connectivity index (χ4v) is 3.29. The highest BCUT2D eigenvalue weighted by molar-refractivity contribution is 7.89. The van der Waals surface area contributed by atoms with E-state index >= 15 is 0 Å². The molecule has 1 aromatic rings. The highest BCUT2D eigenvalue weighted by Crippen LogP contribution is 2.25. The summed E-state index contributed by atoms with van der Waals surface area (Å²) in [7, 11) is -3.58. The predicted molar refractivity (Wildman–Crippen MR) is 75.1 cm³/mol. The maximum absolute atomic E-state index is 12.4. The molecule has 100 valence electrons. The van der Waals surface area contributed by atoms with E-state index in [1.54, 1.807) is 19.9 Å². The number of anilines is 1. The van der Waals surface area contributed by atoms with Crippen molar-refractivity contribution in [3.8, 4) is 0 Å². The average molecular weight is 289 g/mol. The Morgan fingerprint density at radius 1 is 1.50 bits per heavy atom. The van der Waals surface area contributed by atoms with E-state index in [0.717, 1.165) is 0 Å². The molecule has 0 bridgehead atoms. The Morgan fingerprint density at radius 2 is 2.11 bits per heavy atom. The summed E-state index contributed by atoms with van der Waals surface area (Å²) in [5.41, 5.74) is 5.88. The number of nitrogens with zero attached hydrogens (tertiary/aromatic N) is 1. The Morgan fingerprint density at radius 3 is 2.56 bits per heavy atom. The van der Waals surface area contributed by atoms with Crippen molar-refractivity contribution in [1.29, 1.82) is 0 Å². The first kappa shape index (κ1) is 15.0. The molecule has 2 N–H and O–H groups in total. The summed E-state index contributed by atoms with van der Waals surface area (Å²) < 4.78 is 26.2. The van der Waals surface area contributed by atoms with E-state index < -0.39 is 10.0 Å². The molecule has 1 aromatic carbocycles. The second-order valence-corrected chi connectivity index (χ2v) is 6.44. The fourth-order valence-electron chi connectivity index (χ4n) is 1.53. The van der Waals surface area contributed by atoms with E-state index in [-0.39, 0.29) is 23.2 Å². The van der Waals surface area contributed by atoms with Gasteiger partial charge >= 0.3 is 0 Å². The van der Waals surface area contributed by atoms with Gasteiger partial charge in [-0.15, -0.1) is 6.58 Å². The number of nitrogen functional groups attached to an aromatic ring is 1. The zero-order valence-corrected chi connectivity index (χ0v) is 12.0. The van der Waals surface area contributed by atoms with Crippen LogP contribution in [0.2, 0.25) is 5.02 Å². The van der Waals surface area contributed by atoms with Crippen LogP contribution in [0.5, 0.6) is 0 Å². The Bertz CT molecular complexity index is 541. The first-order valence-electron chi connectivity index (χ1n) is 5.48. The van der Waals surface area contributed by atoms with Crippen LogP contribution in [0.15, 0.2) is 35.7 Å². The van der Waals surface area contributed by atoms with Crippen LogP contribution in [0, 0.1) is 0 Å². The van der Waals surface area contributed by atoms with Gasteiger partial charge in [0.2, 0.25) is 10.0 Å². The quantitative estimate of drug-likeness (QED) is 0.669. The van der Waals surface area contributed by atoms with Gasteiger partial charge in [-0.25, -0.2) is 8.42 Å². The summed E-state index contributed by atoms with van der Waals surface area (Å²) >= 11 is 5.78. The molecule has 1 rings (SSSR count). The van der Waals surface area contributed by atoms with Crippen LogP contribution in [0.25, 0.3) is 0 Å². The van der Waals surface area contributed by atoms with Gasteiger partial charge in [-0.2, -0.15) is 4.31 Å². The van der Waals surface area contributed by atoms with Crippen LogP contribution in [-0.2, 0) is 10.0 Å². The zero-order valence-electron chi connectivity index (χ0n) is 10.4. The second kappa shape index (κ2) is 5.73. The molecule has 0 spiro atoms. The SMILES string of the molecule is C=CCN(C(C)C)S(=O)(=O)c1ccc(Cl)c(N)c1. The highest BCUT2D eigenvalue weighted by atomic mass is 35.5. The molecule has 0 aromatic heterocycles. The topological polar surface area (TPSA) is 63.4 Å². The van der Waals surface area contributed by atoms with Crippen molar-refractivity contribution in [2.45, 2.75) is 24.8 Å². The van der Waals surface area contributed by atoms with Gasteiger partial charge in [-0.3, -0.25) is 0 Å². The van der Waals surface area contributed by atoms with Crippen LogP contribution in [0.1, 0.15) is 13.8 Å². The summed E-state index contributed by atoms with van der Waals surface area (Å²) in [4.78, 5) is 0.139. The number of sulfonamides is 1. The van der Waals surface area contributed by atoms with Crippen LogP contribution >= 0.6 is 11.6 Å². The minimum absolute atomic E-state index is 0.139. The largest absolute Gasteiger partial charge is 0.397 e. The van der Waals surface area contributed by atoms with E-state index in [1.807, 2.05) is 0 Å². The minimum atomic E-state index is -3.58. The fraction of sp³-hybridized carbons (Fsp3) is 0.333. The third-order valence-electron chi connectivity index (χ3n) is 2.46. The van der Waals surface area contributed by atoms with Crippen LogP contribution in [0.4, 0.5) is 5.69 Å². The van der Waals surface area contributed by atoms with Gasteiger partial charge < -0.3 is 5.73 Å². The second-order valence-electron chi connectivity index (χ2n) is 4.14. The van der Waals surface area contributed by atoms with E-state index in [2.05, 4.69) is 6.58 Å². The van der Waals surface area contributed by atoms with Gasteiger partial charge in [0.15, 0.2) is 0 Å². The van der Waals surface area contributed by atoms with E-state index in [4.69, 9.17) is 17.3 Å². The number of nitrogens with two attached hydrogens (primary N) is 1. The molecule has 0 unspecified atom stereocenters.